The lowest BCUT2D eigenvalue weighted by Crippen LogP contribution is -2.00. The molecule has 0 unspecified atom stereocenters. The fraction of sp³-hybridized carbons (Fsp3) is 0.174. The molecule has 0 radical (unpaired) electrons. The van der Waals surface area contributed by atoms with E-state index in [1.54, 1.807) is 7.11 Å². The highest BCUT2D eigenvalue weighted by molar-refractivity contribution is 5.79. The Hall–Kier alpha value is -3.27. The van der Waals surface area contributed by atoms with Crippen LogP contribution in [0.5, 0.6) is 11.5 Å². The number of ether oxygens (including phenoxy) is 2. The summed E-state index contributed by atoms with van der Waals surface area (Å²) in [4.78, 5) is 8.00. The largest absolute Gasteiger partial charge is 0.493 e. The average Bonchev–Trinajstić information content (AvgIpc) is 3.13. The third-order valence-corrected chi connectivity index (χ3v) is 4.71. The van der Waals surface area contributed by atoms with Gasteiger partial charge in [0.15, 0.2) is 11.5 Å². The maximum atomic E-state index is 6.04. The summed E-state index contributed by atoms with van der Waals surface area (Å²) < 4.78 is 11.6. The van der Waals surface area contributed by atoms with Gasteiger partial charge in [-0.15, -0.1) is 0 Å². The normalized spacial score (nSPS) is 10.9. The highest BCUT2D eigenvalue weighted by Crippen LogP contribution is 2.33. The Morgan fingerprint density at radius 3 is 2.59 bits per heavy atom. The van der Waals surface area contributed by atoms with Crippen molar-refractivity contribution in [1.82, 2.24) is 9.97 Å². The van der Waals surface area contributed by atoms with Gasteiger partial charge in [-0.05, 0) is 55.3 Å². The second-order valence-corrected chi connectivity index (χ2v) is 6.69. The zero-order valence-electron chi connectivity index (χ0n) is 15.7. The highest BCUT2D eigenvalue weighted by atomic mass is 16.5. The summed E-state index contributed by atoms with van der Waals surface area (Å²) in [6.07, 6.45) is 0. The number of rotatable bonds is 5. The van der Waals surface area contributed by atoms with Crippen molar-refractivity contribution in [3.8, 4) is 22.9 Å². The fourth-order valence-corrected chi connectivity index (χ4v) is 3.13. The molecule has 1 N–H and O–H groups in total. The Morgan fingerprint density at radius 2 is 1.78 bits per heavy atom. The van der Waals surface area contributed by atoms with Gasteiger partial charge in [-0.2, -0.15) is 0 Å². The Labute approximate surface area is 158 Å². The van der Waals surface area contributed by atoms with Gasteiger partial charge in [0.05, 0.1) is 18.1 Å². The quantitative estimate of drug-likeness (QED) is 0.517. The van der Waals surface area contributed by atoms with Crippen LogP contribution in [-0.4, -0.2) is 17.1 Å². The number of benzene rings is 3. The molecule has 1 aromatic heterocycles. The molecule has 0 atom stereocenters. The van der Waals surface area contributed by atoms with E-state index in [-0.39, 0.29) is 0 Å². The first-order valence-corrected chi connectivity index (χ1v) is 8.96. The summed E-state index contributed by atoms with van der Waals surface area (Å²) in [5.41, 5.74) is 6.55. The molecule has 1 heterocycles. The second-order valence-electron chi connectivity index (χ2n) is 6.69. The van der Waals surface area contributed by atoms with Gasteiger partial charge < -0.3 is 14.5 Å². The molecular weight excluding hydrogens is 336 g/mol. The van der Waals surface area contributed by atoms with Gasteiger partial charge >= 0.3 is 0 Å². The number of nitrogens with zero attached hydrogens (tertiary/aromatic N) is 1. The number of aryl methyl sites for hydroxylation is 2. The third kappa shape index (κ3) is 3.51. The van der Waals surface area contributed by atoms with Crippen molar-refractivity contribution >= 4 is 11.0 Å². The van der Waals surface area contributed by atoms with Crippen LogP contribution in [0, 0.1) is 13.8 Å². The first kappa shape index (κ1) is 17.2. The Balaban J connectivity index is 1.60. The molecule has 0 fully saturated rings. The lowest BCUT2D eigenvalue weighted by molar-refractivity contribution is 0.284. The summed E-state index contributed by atoms with van der Waals surface area (Å²) >= 11 is 0. The third-order valence-electron chi connectivity index (χ3n) is 4.71. The van der Waals surface area contributed by atoms with Crippen molar-refractivity contribution < 1.29 is 9.47 Å². The van der Waals surface area contributed by atoms with Crippen LogP contribution in [-0.2, 0) is 6.61 Å². The average molecular weight is 358 g/mol. The molecule has 0 amide bonds. The van der Waals surface area contributed by atoms with E-state index in [0.29, 0.717) is 12.4 Å². The number of hydrogen-bond acceptors (Lipinski definition) is 3. The van der Waals surface area contributed by atoms with E-state index in [4.69, 9.17) is 9.47 Å². The Bertz CT molecular complexity index is 1070. The van der Waals surface area contributed by atoms with E-state index in [2.05, 4.69) is 42.0 Å². The maximum Gasteiger partial charge on any atom is 0.161 e. The number of H-pyrrole nitrogens is 1. The minimum absolute atomic E-state index is 0.508. The highest BCUT2D eigenvalue weighted by Gasteiger charge is 2.11. The molecule has 4 rings (SSSR count). The van der Waals surface area contributed by atoms with Crippen LogP contribution in [0.25, 0.3) is 22.4 Å². The van der Waals surface area contributed by atoms with Crippen LogP contribution >= 0.6 is 0 Å². The van der Waals surface area contributed by atoms with E-state index < -0.39 is 0 Å². The lowest BCUT2D eigenvalue weighted by atomic mass is 10.1. The molecule has 0 aliphatic carbocycles. The van der Waals surface area contributed by atoms with Crippen molar-refractivity contribution in [3.05, 3.63) is 77.4 Å². The van der Waals surface area contributed by atoms with Crippen LogP contribution in [0.1, 0.15) is 16.7 Å². The van der Waals surface area contributed by atoms with Gasteiger partial charge in [0.1, 0.15) is 12.4 Å². The second kappa shape index (κ2) is 7.16. The smallest absolute Gasteiger partial charge is 0.161 e. The van der Waals surface area contributed by atoms with Crippen LogP contribution in [0.15, 0.2) is 60.7 Å². The van der Waals surface area contributed by atoms with E-state index >= 15 is 0 Å². The van der Waals surface area contributed by atoms with Crippen molar-refractivity contribution in [2.45, 2.75) is 20.5 Å². The molecule has 0 bridgehead atoms. The fourth-order valence-electron chi connectivity index (χ4n) is 3.13. The standard InChI is InChI=1S/C23H22N2O2/c1-15-8-9-16(2)18(12-15)14-27-21-11-10-17(13-22(21)26-3)23-24-19-6-4-5-7-20(19)25-23/h4-13H,14H2,1-3H3,(H,24,25). The Morgan fingerprint density at radius 1 is 0.926 bits per heavy atom. The number of imidazole rings is 1. The van der Waals surface area contributed by atoms with Crippen LogP contribution in [0.3, 0.4) is 0 Å². The summed E-state index contributed by atoms with van der Waals surface area (Å²) in [5, 5.41) is 0. The van der Waals surface area contributed by atoms with Gasteiger partial charge in [-0.3, -0.25) is 0 Å². The monoisotopic (exact) mass is 358 g/mol. The van der Waals surface area contributed by atoms with Gasteiger partial charge in [-0.25, -0.2) is 4.98 Å². The predicted octanol–water partition coefficient (Wildman–Crippen LogP) is 5.43. The van der Waals surface area contributed by atoms with Crippen molar-refractivity contribution in [1.29, 1.82) is 0 Å². The molecule has 0 saturated heterocycles. The summed E-state index contributed by atoms with van der Waals surface area (Å²) in [6.45, 7) is 4.69. The topological polar surface area (TPSA) is 47.1 Å². The van der Waals surface area contributed by atoms with E-state index in [0.717, 1.165) is 28.2 Å². The van der Waals surface area contributed by atoms with Crippen LogP contribution < -0.4 is 9.47 Å². The van der Waals surface area contributed by atoms with Crippen molar-refractivity contribution in [3.63, 3.8) is 0 Å². The maximum absolute atomic E-state index is 6.04. The number of aromatic amines is 1. The number of fused-ring (bicyclic) bond motifs is 1. The van der Waals surface area contributed by atoms with E-state index in [9.17, 15) is 0 Å². The zero-order chi connectivity index (χ0) is 18.8. The van der Waals surface area contributed by atoms with Crippen LogP contribution in [0.2, 0.25) is 0 Å². The van der Waals surface area contributed by atoms with E-state index in [1.165, 1.54) is 16.7 Å². The number of aromatic nitrogens is 2. The molecule has 4 nitrogen and oxygen atoms in total. The minimum atomic E-state index is 0.508. The first-order chi connectivity index (χ1) is 13.1. The van der Waals surface area contributed by atoms with Crippen molar-refractivity contribution in [2.75, 3.05) is 7.11 Å². The molecular formula is C23H22N2O2. The first-order valence-electron chi connectivity index (χ1n) is 8.96. The zero-order valence-corrected chi connectivity index (χ0v) is 15.7. The Kier molecular flexibility index (Phi) is 4.55. The number of hydrogen-bond donors (Lipinski definition) is 1. The van der Waals surface area contributed by atoms with Gasteiger partial charge in [-0.1, -0.05) is 35.9 Å². The summed E-state index contributed by atoms with van der Waals surface area (Å²) in [5.74, 6) is 2.23. The molecule has 0 aliphatic heterocycles. The van der Waals surface area contributed by atoms with Gasteiger partial charge in [0.25, 0.3) is 0 Å². The van der Waals surface area contributed by atoms with Gasteiger partial charge in [0.2, 0.25) is 0 Å². The number of para-hydroxylation sites is 2. The van der Waals surface area contributed by atoms with E-state index in [1.807, 2.05) is 42.5 Å². The molecule has 3 aromatic carbocycles. The van der Waals surface area contributed by atoms with Crippen molar-refractivity contribution in [2.24, 2.45) is 0 Å². The molecule has 0 saturated carbocycles. The molecule has 27 heavy (non-hydrogen) atoms. The number of nitrogens with one attached hydrogen (secondary N) is 1. The molecule has 4 aromatic rings. The van der Waals surface area contributed by atoms with Crippen LogP contribution in [0.4, 0.5) is 0 Å². The minimum Gasteiger partial charge on any atom is -0.493 e. The molecule has 0 spiro atoms. The SMILES string of the molecule is COc1cc(-c2nc3ccccc3[nH]2)ccc1OCc1cc(C)ccc1C. The number of methoxy groups -OCH3 is 1. The molecule has 0 aliphatic rings. The predicted molar refractivity (Wildman–Crippen MR) is 108 cm³/mol. The lowest BCUT2D eigenvalue weighted by Gasteiger charge is -2.13. The molecule has 136 valence electrons. The molecule has 4 heteroatoms. The van der Waals surface area contributed by atoms with Gasteiger partial charge in [0, 0.05) is 5.56 Å². The summed E-state index contributed by atoms with van der Waals surface area (Å²) in [7, 11) is 1.66. The summed E-state index contributed by atoms with van der Waals surface area (Å²) in [6, 6.07) is 20.3.